The highest BCUT2D eigenvalue weighted by Crippen LogP contribution is 2.36. The van der Waals surface area contributed by atoms with Gasteiger partial charge in [-0.2, -0.15) is 0 Å². The van der Waals surface area contributed by atoms with Crippen molar-refractivity contribution < 1.29 is 48.3 Å². The molecule has 0 spiro atoms. The van der Waals surface area contributed by atoms with Gasteiger partial charge in [0.25, 0.3) is 0 Å². The molecule has 0 amide bonds. The molecule has 1 heterocycles. The van der Waals surface area contributed by atoms with Crippen LogP contribution in [0.2, 0.25) is 0 Å². The second-order valence-corrected chi connectivity index (χ2v) is 8.82. The van der Waals surface area contributed by atoms with Gasteiger partial charge in [-0.3, -0.25) is 4.79 Å². The third kappa shape index (κ3) is 7.99. The summed E-state index contributed by atoms with van der Waals surface area (Å²) < 4.78 is 21.8. The normalized spacial score (nSPS) is 27.6. The van der Waals surface area contributed by atoms with Gasteiger partial charge >= 0.3 is 23.9 Å². The monoisotopic (exact) mass is 518 g/mol. The minimum atomic E-state index is -0.872. The number of allylic oxidation sites excluding steroid dienone is 1. The van der Waals surface area contributed by atoms with E-state index in [0.717, 1.165) is 11.6 Å². The summed E-state index contributed by atoms with van der Waals surface area (Å²) in [4.78, 5) is 49.2. The van der Waals surface area contributed by atoms with E-state index in [1.165, 1.54) is 13.0 Å². The van der Waals surface area contributed by atoms with Crippen LogP contribution in [0.3, 0.4) is 0 Å². The van der Waals surface area contributed by atoms with E-state index in [0.29, 0.717) is 12.0 Å². The van der Waals surface area contributed by atoms with Crippen molar-refractivity contribution >= 4 is 23.9 Å². The summed E-state index contributed by atoms with van der Waals surface area (Å²) in [5.74, 6) is -3.47. The maximum atomic E-state index is 13.1. The Labute approximate surface area is 215 Å². The van der Waals surface area contributed by atoms with Crippen LogP contribution in [-0.2, 0) is 38.1 Å². The molecule has 10 heteroatoms. The minimum Gasteiger partial charge on any atom is -0.458 e. The largest absolute Gasteiger partial charge is 0.458 e. The number of carbonyl (C=O) groups excluding carboxylic acids is 4. The van der Waals surface area contributed by atoms with Crippen molar-refractivity contribution in [3.8, 4) is 0 Å². The van der Waals surface area contributed by atoms with Gasteiger partial charge < -0.3 is 29.2 Å². The Morgan fingerprint density at radius 3 is 2.46 bits per heavy atom. The van der Waals surface area contributed by atoms with Gasteiger partial charge in [-0.05, 0) is 38.5 Å². The Hall–Kier alpha value is -3.50. The lowest BCUT2D eigenvalue weighted by molar-refractivity contribution is -0.149. The van der Waals surface area contributed by atoms with E-state index in [4.69, 9.17) is 18.9 Å². The molecule has 1 saturated heterocycles. The van der Waals surface area contributed by atoms with Crippen molar-refractivity contribution in [2.45, 2.75) is 58.8 Å². The van der Waals surface area contributed by atoms with Crippen molar-refractivity contribution in [2.75, 3.05) is 19.8 Å². The minimum absolute atomic E-state index is 0.0137. The molecule has 37 heavy (non-hydrogen) atoms. The fourth-order valence-electron chi connectivity index (χ4n) is 4.06. The topological polar surface area (TPSA) is 146 Å². The lowest BCUT2D eigenvalue weighted by Gasteiger charge is -2.28. The molecule has 0 aromatic rings. The third-order valence-electron chi connectivity index (χ3n) is 6.11. The van der Waals surface area contributed by atoms with Crippen molar-refractivity contribution in [2.24, 2.45) is 5.92 Å². The van der Waals surface area contributed by atoms with Crippen molar-refractivity contribution in [1.82, 2.24) is 0 Å². The van der Waals surface area contributed by atoms with Gasteiger partial charge in [0.05, 0.1) is 30.3 Å². The van der Waals surface area contributed by atoms with E-state index in [2.05, 4.69) is 6.58 Å². The molecule has 0 aromatic carbocycles. The second-order valence-electron chi connectivity index (χ2n) is 8.82. The quantitative estimate of drug-likeness (QED) is 0.212. The van der Waals surface area contributed by atoms with E-state index in [9.17, 15) is 29.4 Å². The van der Waals surface area contributed by atoms with Crippen LogP contribution in [0.4, 0.5) is 0 Å². The highest BCUT2D eigenvalue weighted by molar-refractivity contribution is 5.93. The summed E-state index contributed by atoms with van der Waals surface area (Å²) in [6, 6.07) is 0. The fourth-order valence-corrected chi connectivity index (χ4v) is 4.06. The van der Waals surface area contributed by atoms with Crippen LogP contribution in [0, 0.1) is 5.92 Å². The SMILES string of the molecule is C=C1C(=O)OC2/C=C(/C)C(OC(C)=O)C/C=C(/C)CC(OC(=O)/C(=C/CO)COC(=O)/C(=C/C)CO)C12. The van der Waals surface area contributed by atoms with E-state index < -0.39 is 67.9 Å². The fraction of sp³-hybridized carbons (Fsp3) is 0.481. The summed E-state index contributed by atoms with van der Waals surface area (Å²) in [5, 5.41) is 18.6. The molecular formula is C27H34O10. The van der Waals surface area contributed by atoms with Crippen molar-refractivity contribution in [3.05, 3.63) is 58.7 Å². The van der Waals surface area contributed by atoms with Gasteiger partial charge in [-0.1, -0.05) is 24.3 Å². The van der Waals surface area contributed by atoms with Gasteiger partial charge in [0.1, 0.15) is 24.9 Å². The van der Waals surface area contributed by atoms with Gasteiger partial charge in [0.2, 0.25) is 0 Å². The molecule has 2 aliphatic rings. The molecule has 4 atom stereocenters. The molecule has 1 aliphatic heterocycles. The standard InChI is InChI=1S/C27H34O10/c1-6-19(13-29)26(32)34-14-20(9-10-28)27(33)37-22-11-15(2)7-8-21(35-18(5)30)16(3)12-23-24(22)17(4)25(31)36-23/h6-7,9,12,21-24,28-29H,4,8,10-11,13-14H2,1-3,5H3/b15-7-,16-12-,19-6+,20-9+. The predicted molar refractivity (Wildman–Crippen MR) is 132 cm³/mol. The van der Waals surface area contributed by atoms with Crippen LogP contribution in [0.1, 0.15) is 40.5 Å². The van der Waals surface area contributed by atoms with Crippen LogP contribution >= 0.6 is 0 Å². The molecule has 2 rings (SSSR count). The van der Waals surface area contributed by atoms with Crippen molar-refractivity contribution in [3.63, 3.8) is 0 Å². The average Bonchev–Trinajstić information content (AvgIpc) is 3.11. The lowest BCUT2D eigenvalue weighted by Crippen LogP contribution is -2.35. The molecule has 4 unspecified atom stereocenters. The summed E-state index contributed by atoms with van der Waals surface area (Å²) >= 11 is 0. The van der Waals surface area contributed by atoms with Gasteiger partial charge in [0.15, 0.2) is 0 Å². The Morgan fingerprint density at radius 1 is 1.16 bits per heavy atom. The van der Waals surface area contributed by atoms with Crippen LogP contribution < -0.4 is 0 Å². The maximum Gasteiger partial charge on any atom is 0.337 e. The van der Waals surface area contributed by atoms with Crippen LogP contribution in [0.25, 0.3) is 0 Å². The number of aliphatic hydroxyl groups excluding tert-OH is 2. The molecule has 202 valence electrons. The van der Waals surface area contributed by atoms with Crippen LogP contribution in [-0.4, -0.2) is 72.2 Å². The first-order valence-corrected chi connectivity index (χ1v) is 11.9. The van der Waals surface area contributed by atoms with Crippen LogP contribution in [0.15, 0.2) is 58.7 Å². The molecule has 0 bridgehead atoms. The molecule has 0 aromatic heterocycles. The zero-order chi connectivity index (χ0) is 27.7. The number of rotatable bonds is 8. The molecule has 10 nitrogen and oxygen atoms in total. The summed E-state index contributed by atoms with van der Waals surface area (Å²) in [7, 11) is 0. The maximum absolute atomic E-state index is 13.1. The molecule has 1 aliphatic carbocycles. The average molecular weight is 519 g/mol. The number of hydrogen-bond donors (Lipinski definition) is 2. The molecule has 1 fully saturated rings. The van der Waals surface area contributed by atoms with Crippen LogP contribution in [0.5, 0.6) is 0 Å². The summed E-state index contributed by atoms with van der Waals surface area (Å²) in [6.07, 6.45) is 4.45. The first kappa shape index (κ1) is 29.7. The Morgan fingerprint density at radius 2 is 1.86 bits per heavy atom. The number of fused-ring (bicyclic) bond motifs is 1. The lowest BCUT2D eigenvalue weighted by atomic mass is 9.85. The highest BCUT2D eigenvalue weighted by Gasteiger charge is 2.45. The smallest absolute Gasteiger partial charge is 0.337 e. The van der Waals surface area contributed by atoms with E-state index >= 15 is 0 Å². The first-order chi connectivity index (χ1) is 17.5. The van der Waals surface area contributed by atoms with E-state index in [1.54, 1.807) is 19.9 Å². The van der Waals surface area contributed by atoms with Gasteiger partial charge in [-0.25, -0.2) is 14.4 Å². The zero-order valence-electron chi connectivity index (χ0n) is 21.5. The van der Waals surface area contributed by atoms with E-state index in [-0.39, 0.29) is 23.1 Å². The Balaban J connectivity index is 2.34. The zero-order valence-corrected chi connectivity index (χ0v) is 21.5. The molecular weight excluding hydrogens is 484 g/mol. The van der Waals surface area contributed by atoms with Gasteiger partial charge in [0, 0.05) is 25.3 Å². The Bertz CT molecular complexity index is 1050. The number of carbonyl (C=O) groups is 4. The highest BCUT2D eigenvalue weighted by atomic mass is 16.6. The molecule has 0 radical (unpaired) electrons. The third-order valence-corrected chi connectivity index (χ3v) is 6.11. The number of esters is 4. The van der Waals surface area contributed by atoms with Gasteiger partial charge in [-0.15, -0.1) is 0 Å². The number of aliphatic hydroxyl groups is 2. The molecule has 2 N–H and O–H groups in total. The first-order valence-electron chi connectivity index (χ1n) is 11.9. The predicted octanol–water partition coefficient (Wildman–Crippen LogP) is 2.01. The summed E-state index contributed by atoms with van der Waals surface area (Å²) in [6.45, 7) is 8.76. The Kier molecular flexibility index (Phi) is 11.0. The molecule has 0 saturated carbocycles. The second kappa shape index (κ2) is 13.7. The number of ether oxygens (including phenoxy) is 4. The summed E-state index contributed by atoms with van der Waals surface area (Å²) in [5.41, 5.74) is 1.51. The van der Waals surface area contributed by atoms with Crippen molar-refractivity contribution in [1.29, 1.82) is 0 Å². The number of hydrogen-bond acceptors (Lipinski definition) is 10. The van der Waals surface area contributed by atoms with E-state index in [1.807, 2.05) is 13.0 Å².